The van der Waals surface area contributed by atoms with Gasteiger partial charge in [0.15, 0.2) is 0 Å². The first-order valence-corrected chi connectivity index (χ1v) is 15.0. The quantitative estimate of drug-likeness (QED) is 0.204. The van der Waals surface area contributed by atoms with Crippen molar-refractivity contribution in [1.29, 1.82) is 0 Å². The van der Waals surface area contributed by atoms with Crippen LogP contribution in [0.25, 0.3) is 0 Å². The number of carbonyl (C=O) groups excluding carboxylic acids is 6. The summed E-state index contributed by atoms with van der Waals surface area (Å²) in [7, 11) is 6.75. The summed E-state index contributed by atoms with van der Waals surface area (Å²) >= 11 is 22.0. The Bertz CT molecular complexity index is 1460. The third kappa shape index (κ3) is 25.8. The van der Waals surface area contributed by atoms with E-state index in [9.17, 15) is 49.2 Å². The Morgan fingerprint density at radius 3 is 0.635 bits per heavy atom. The van der Waals surface area contributed by atoms with Gasteiger partial charge in [0, 0.05) is 70.5 Å². The molecule has 4 aromatic carbocycles. The van der Waals surface area contributed by atoms with Crippen LogP contribution in [0.3, 0.4) is 0 Å². The third-order valence-electron chi connectivity index (χ3n) is 4.80. The van der Waals surface area contributed by atoms with E-state index in [0.717, 1.165) is 12.8 Å². The molecule has 0 aliphatic rings. The van der Waals surface area contributed by atoms with Gasteiger partial charge in [0.05, 0.1) is 23.9 Å². The smallest absolute Gasteiger partial charge is 0.545 e. The van der Waals surface area contributed by atoms with Gasteiger partial charge in [0.1, 0.15) is 0 Å². The van der Waals surface area contributed by atoms with Gasteiger partial charge in [-0.2, -0.15) is 0 Å². The number of amides is 2. The maximum absolute atomic E-state index is 10.2. The summed E-state index contributed by atoms with van der Waals surface area (Å²) in [5.74, 6) is -4.98. The number of rotatable bonds is 6. The molecule has 2 radical (unpaired) electrons. The Morgan fingerprint density at radius 2 is 0.558 bits per heavy atom. The molecule has 286 valence electrons. The average Bonchev–Trinajstić information content (AvgIpc) is 3.06. The molecule has 0 unspecified atom stereocenters. The maximum atomic E-state index is 10.2. The van der Waals surface area contributed by atoms with Crippen molar-refractivity contribution >= 4 is 83.1 Å². The molecule has 0 aromatic heterocycles. The fourth-order valence-electron chi connectivity index (χ4n) is 2.51. The van der Waals surface area contributed by atoms with E-state index < -0.39 is 23.9 Å². The molecule has 12 nitrogen and oxygen atoms in total. The molecule has 2 amide bonds. The Balaban J connectivity index is -0.000000269. The van der Waals surface area contributed by atoms with E-state index in [-0.39, 0.29) is 76.5 Å². The Labute approximate surface area is 341 Å². The van der Waals surface area contributed by atoms with Gasteiger partial charge in [0.2, 0.25) is 12.8 Å². The molecule has 0 fully saturated rings. The number of aromatic carboxylic acids is 4. The zero-order valence-corrected chi connectivity index (χ0v) is 32.4. The van der Waals surface area contributed by atoms with Gasteiger partial charge in [-0.1, -0.05) is 119 Å². The van der Waals surface area contributed by atoms with Gasteiger partial charge < -0.3 is 49.4 Å². The van der Waals surface area contributed by atoms with Crippen molar-refractivity contribution in [3.05, 3.63) is 139 Å². The first-order valence-electron chi connectivity index (χ1n) is 13.5. The van der Waals surface area contributed by atoms with E-state index in [2.05, 4.69) is 0 Å². The molecule has 0 bridgehead atoms. The van der Waals surface area contributed by atoms with Crippen LogP contribution < -0.4 is 20.4 Å². The molecule has 0 aliphatic heterocycles. The molecule has 0 N–H and O–H groups in total. The Morgan fingerprint density at radius 1 is 0.423 bits per heavy atom. The summed E-state index contributed by atoms with van der Waals surface area (Å²) in [4.78, 5) is 62.7. The minimum atomic E-state index is -1.24. The molecule has 18 heteroatoms. The average molecular weight is 896 g/mol. The number of carboxylic acid groups (broad SMARTS) is 4. The molecular weight excluding hydrogens is 865 g/mol. The van der Waals surface area contributed by atoms with Crippen molar-refractivity contribution in [2.45, 2.75) is 0 Å². The second-order valence-electron chi connectivity index (χ2n) is 9.21. The van der Waals surface area contributed by atoms with Crippen molar-refractivity contribution in [3.8, 4) is 0 Å². The summed E-state index contributed by atoms with van der Waals surface area (Å²) in [5, 5.41) is 41.7. The predicted octanol–water partition coefficient (Wildman–Crippen LogP) is 2.22. The molecule has 52 heavy (non-hydrogen) atoms. The zero-order valence-electron chi connectivity index (χ0n) is 27.5. The normalized spacial score (nSPS) is 8.46. The van der Waals surface area contributed by atoms with Gasteiger partial charge in [-0.05, 0) is 24.3 Å². The summed E-state index contributed by atoms with van der Waals surface area (Å²) < 4.78 is 0. The number of hydrogen-bond donors (Lipinski definition) is 0. The largest absolute Gasteiger partial charge is 2.00 e. The van der Waals surface area contributed by atoms with Crippen LogP contribution in [0.15, 0.2) is 97.1 Å². The van der Waals surface area contributed by atoms with Gasteiger partial charge >= 0.3 is 34.1 Å². The Hall–Kier alpha value is -4.10. The summed E-state index contributed by atoms with van der Waals surface area (Å²) in [6.45, 7) is 0. The number of halogens is 4. The van der Waals surface area contributed by atoms with Crippen LogP contribution in [0.2, 0.25) is 20.1 Å². The molecule has 0 heterocycles. The van der Waals surface area contributed by atoms with Gasteiger partial charge in [-0.3, -0.25) is 9.59 Å². The van der Waals surface area contributed by atoms with Crippen molar-refractivity contribution in [2.24, 2.45) is 0 Å². The first-order chi connectivity index (χ1) is 23.4. The van der Waals surface area contributed by atoms with Crippen LogP contribution in [0, 0.1) is 0 Å². The SMILES string of the molecule is CN(C)C=O.CN(C)C=O.O=C([O-])c1ccccc1Cl.O=C([O-])c1ccccc1Cl.O=C([O-])c1ccccc1Cl.O=C([O-])c1ccccc1Cl.[Cu+2].[Cu+2]. The number of carboxylic acids is 4. The van der Waals surface area contributed by atoms with E-state index in [1.807, 2.05) is 0 Å². The second kappa shape index (κ2) is 31.6. The van der Waals surface area contributed by atoms with Crippen molar-refractivity contribution < 1.29 is 83.3 Å². The number of nitrogens with zero attached hydrogens (tertiary/aromatic N) is 2. The Kier molecular flexibility index (Phi) is 33.2. The topological polar surface area (TPSA) is 201 Å². The van der Waals surface area contributed by atoms with Crippen LogP contribution in [0.5, 0.6) is 0 Å². The number of hydrogen-bond acceptors (Lipinski definition) is 10. The molecular formula is C34H30Cl4Cu2N2O10. The third-order valence-corrected chi connectivity index (χ3v) is 6.12. The predicted molar refractivity (Wildman–Crippen MR) is 183 cm³/mol. The summed E-state index contributed by atoms with van der Waals surface area (Å²) in [5.41, 5.74) is 0.127. The first kappa shape index (κ1) is 54.7. The molecule has 4 rings (SSSR count). The van der Waals surface area contributed by atoms with E-state index in [0.29, 0.717) is 0 Å². The van der Waals surface area contributed by atoms with Gasteiger partial charge in [-0.25, -0.2) is 0 Å². The zero-order chi connectivity index (χ0) is 38.8. The molecule has 0 saturated carbocycles. The van der Waals surface area contributed by atoms with Gasteiger partial charge in [-0.15, -0.1) is 0 Å². The van der Waals surface area contributed by atoms with E-state index in [1.54, 1.807) is 76.7 Å². The second-order valence-corrected chi connectivity index (χ2v) is 10.8. The molecule has 0 aliphatic carbocycles. The molecule has 4 aromatic rings. The van der Waals surface area contributed by atoms with Crippen LogP contribution >= 0.6 is 46.4 Å². The number of carbonyl (C=O) groups is 6. The monoisotopic (exact) mass is 892 g/mol. The van der Waals surface area contributed by atoms with Crippen LogP contribution in [0.1, 0.15) is 41.4 Å². The van der Waals surface area contributed by atoms with Crippen molar-refractivity contribution in [1.82, 2.24) is 9.80 Å². The molecule has 0 spiro atoms. The fourth-order valence-corrected chi connectivity index (χ4v) is 3.36. The van der Waals surface area contributed by atoms with Crippen molar-refractivity contribution in [2.75, 3.05) is 28.2 Å². The molecule has 0 atom stereocenters. The van der Waals surface area contributed by atoms with E-state index in [4.69, 9.17) is 46.4 Å². The van der Waals surface area contributed by atoms with Crippen LogP contribution in [-0.2, 0) is 43.7 Å². The number of benzene rings is 4. The van der Waals surface area contributed by atoms with Crippen molar-refractivity contribution in [3.63, 3.8) is 0 Å². The summed E-state index contributed by atoms with van der Waals surface area (Å²) in [6.07, 6.45) is 1.50. The van der Waals surface area contributed by atoms with Crippen LogP contribution in [-0.4, -0.2) is 74.7 Å². The fraction of sp³-hybridized carbons (Fsp3) is 0.118. The minimum absolute atomic E-state index is 0. The van der Waals surface area contributed by atoms with Crippen LogP contribution in [0.4, 0.5) is 0 Å². The minimum Gasteiger partial charge on any atom is -0.545 e. The summed E-state index contributed by atoms with van der Waals surface area (Å²) in [6, 6.07) is 24.7. The standard InChI is InChI=1S/4C7H5ClO2.2C3H7NO.2Cu/c4*8-6-4-2-1-3-5(6)7(9)10;2*1-4(2)3-5;;/h4*1-4H,(H,9,10);2*3H,1-2H3;;/q;;;;;;2*+2/p-4. The maximum Gasteiger partial charge on any atom is 2.00 e. The van der Waals surface area contributed by atoms with Gasteiger partial charge in [0.25, 0.3) is 0 Å². The molecule has 0 saturated heterocycles. The van der Waals surface area contributed by atoms with E-state index in [1.165, 1.54) is 58.3 Å². The van der Waals surface area contributed by atoms with E-state index >= 15 is 0 Å².